The van der Waals surface area contributed by atoms with Gasteiger partial charge in [0.15, 0.2) is 0 Å². The number of hydrogen-bond acceptors (Lipinski definition) is 3. The molecule has 2 fully saturated rings. The van der Waals surface area contributed by atoms with Gasteiger partial charge in [0.25, 0.3) is 0 Å². The van der Waals surface area contributed by atoms with Gasteiger partial charge in [-0.05, 0) is 45.2 Å². The summed E-state index contributed by atoms with van der Waals surface area (Å²) in [5, 5.41) is 15.9. The molecule has 0 radical (unpaired) electrons. The van der Waals surface area contributed by atoms with Gasteiger partial charge in [-0.25, -0.2) is 0 Å². The number of rotatable bonds is 4. The van der Waals surface area contributed by atoms with Gasteiger partial charge >= 0.3 is 0 Å². The van der Waals surface area contributed by atoms with Crippen LogP contribution in [-0.4, -0.2) is 36.8 Å². The van der Waals surface area contributed by atoms with Crippen LogP contribution in [0.5, 0.6) is 0 Å². The molecular weight excluding hydrogens is 228 g/mol. The average molecular weight is 254 g/mol. The number of carbonyl (C=O) groups excluding carboxylic acids is 1. The van der Waals surface area contributed by atoms with Gasteiger partial charge in [0.1, 0.15) is 0 Å². The highest BCUT2D eigenvalue weighted by Crippen LogP contribution is 2.34. The van der Waals surface area contributed by atoms with Crippen LogP contribution in [0.1, 0.15) is 45.4 Å². The monoisotopic (exact) mass is 254 g/mol. The minimum absolute atomic E-state index is 0.173. The van der Waals surface area contributed by atoms with E-state index in [4.69, 9.17) is 0 Å². The molecule has 1 aliphatic heterocycles. The Hall–Kier alpha value is -0.610. The zero-order valence-corrected chi connectivity index (χ0v) is 11.4. The number of aliphatic hydroxyl groups excluding tert-OH is 1. The summed E-state index contributed by atoms with van der Waals surface area (Å²) in [5.74, 6) is 0.487. The number of nitrogens with one attached hydrogen (secondary N) is 2. The summed E-state index contributed by atoms with van der Waals surface area (Å²) in [7, 11) is 0. The van der Waals surface area contributed by atoms with Crippen LogP contribution in [0, 0.1) is 11.3 Å². The van der Waals surface area contributed by atoms with Gasteiger partial charge in [-0.15, -0.1) is 0 Å². The maximum absolute atomic E-state index is 12.5. The average Bonchev–Trinajstić information content (AvgIpc) is 2.86. The van der Waals surface area contributed by atoms with Crippen LogP contribution in [0.15, 0.2) is 0 Å². The molecule has 1 amide bonds. The Morgan fingerprint density at radius 2 is 2.11 bits per heavy atom. The van der Waals surface area contributed by atoms with Crippen molar-refractivity contribution in [2.24, 2.45) is 11.3 Å². The van der Waals surface area contributed by atoms with Crippen LogP contribution in [-0.2, 0) is 4.79 Å². The third-order valence-corrected chi connectivity index (χ3v) is 4.93. The van der Waals surface area contributed by atoms with E-state index in [9.17, 15) is 9.90 Å². The molecule has 1 saturated heterocycles. The number of hydrogen-bond donors (Lipinski definition) is 3. The minimum Gasteiger partial charge on any atom is -0.396 e. The first kappa shape index (κ1) is 13.8. The Kier molecular flexibility index (Phi) is 4.62. The zero-order valence-electron chi connectivity index (χ0n) is 11.4. The Balaban J connectivity index is 1.97. The SMILES string of the molecule is CCC1(C(=O)NC2CCCC2CO)CCNCC1. The lowest BCUT2D eigenvalue weighted by molar-refractivity contribution is -0.134. The first-order valence-corrected chi connectivity index (χ1v) is 7.34. The lowest BCUT2D eigenvalue weighted by atomic mass is 9.75. The fourth-order valence-corrected chi connectivity index (χ4v) is 3.41. The molecule has 18 heavy (non-hydrogen) atoms. The van der Waals surface area contributed by atoms with Gasteiger partial charge < -0.3 is 15.7 Å². The third-order valence-electron chi connectivity index (χ3n) is 4.93. The van der Waals surface area contributed by atoms with E-state index in [-0.39, 0.29) is 29.9 Å². The second-order valence-corrected chi connectivity index (χ2v) is 5.84. The summed E-state index contributed by atoms with van der Waals surface area (Å²) in [6.45, 7) is 4.19. The molecular formula is C14H26N2O2. The van der Waals surface area contributed by atoms with Crippen LogP contribution in [0.4, 0.5) is 0 Å². The summed E-state index contributed by atoms with van der Waals surface area (Å²) < 4.78 is 0. The van der Waals surface area contributed by atoms with E-state index in [0.717, 1.165) is 51.6 Å². The summed E-state index contributed by atoms with van der Waals surface area (Å²) in [5.41, 5.74) is -0.173. The fourth-order valence-electron chi connectivity index (χ4n) is 3.41. The number of amides is 1. The lowest BCUT2D eigenvalue weighted by Crippen LogP contribution is -2.51. The Morgan fingerprint density at radius 1 is 1.39 bits per heavy atom. The highest BCUT2D eigenvalue weighted by Gasteiger charge is 2.40. The van der Waals surface area contributed by atoms with E-state index in [1.807, 2.05) is 0 Å². The van der Waals surface area contributed by atoms with E-state index < -0.39 is 0 Å². The van der Waals surface area contributed by atoms with Crippen molar-refractivity contribution in [3.05, 3.63) is 0 Å². The zero-order chi connectivity index (χ0) is 13.0. The van der Waals surface area contributed by atoms with Crippen LogP contribution < -0.4 is 10.6 Å². The van der Waals surface area contributed by atoms with E-state index >= 15 is 0 Å². The Bertz CT molecular complexity index is 288. The first-order valence-electron chi connectivity index (χ1n) is 7.34. The summed E-state index contributed by atoms with van der Waals surface area (Å²) in [6, 6.07) is 0.195. The quantitative estimate of drug-likeness (QED) is 0.702. The van der Waals surface area contributed by atoms with Gasteiger partial charge in [0.05, 0.1) is 5.41 Å². The van der Waals surface area contributed by atoms with Gasteiger partial charge in [-0.2, -0.15) is 0 Å². The largest absolute Gasteiger partial charge is 0.396 e. The molecule has 4 nitrogen and oxygen atoms in total. The van der Waals surface area contributed by atoms with Gasteiger partial charge in [-0.1, -0.05) is 13.3 Å². The van der Waals surface area contributed by atoms with Crippen LogP contribution >= 0.6 is 0 Å². The molecule has 1 heterocycles. The first-order chi connectivity index (χ1) is 8.72. The smallest absolute Gasteiger partial charge is 0.226 e. The molecule has 2 unspecified atom stereocenters. The standard InChI is InChI=1S/C14H26N2O2/c1-2-14(6-8-15-9-7-14)13(18)16-12-5-3-4-11(12)10-17/h11-12,15,17H,2-10H2,1H3,(H,16,18). The highest BCUT2D eigenvalue weighted by atomic mass is 16.3. The molecule has 0 spiro atoms. The number of carbonyl (C=O) groups is 1. The van der Waals surface area contributed by atoms with E-state index in [2.05, 4.69) is 17.6 Å². The van der Waals surface area contributed by atoms with Crippen molar-refractivity contribution in [2.45, 2.75) is 51.5 Å². The second kappa shape index (κ2) is 6.02. The van der Waals surface area contributed by atoms with Crippen molar-refractivity contribution < 1.29 is 9.90 Å². The molecule has 1 saturated carbocycles. The molecule has 0 bridgehead atoms. The van der Waals surface area contributed by atoms with Crippen LogP contribution in [0.25, 0.3) is 0 Å². The summed E-state index contributed by atoms with van der Waals surface area (Å²) in [6.07, 6.45) is 5.97. The maximum atomic E-state index is 12.5. The van der Waals surface area contributed by atoms with Gasteiger partial charge in [0, 0.05) is 18.6 Å². The van der Waals surface area contributed by atoms with Crippen molar-refractivity contribution in [3.8, 4) is 0 Å². The molecule has 4 heteroatoms. The highest BCUT2D eigenvalue weighted by molar-refractivity contribution is 5.83. The number of aliphatic hydroxyl groups is 1. The molecule has 0 aromatic carbocycles. The molecule has 0 aromatic rings. The van der Waals surface area contributed by atoms with E-state index in [1.54, 1.807) is 0 Å². The molecule has 2 atom stereocenters. The maximum Gasteiger partial charge on any atom is 0.226 e. The van der Waals surface area contributed by atoms with Crippen molar-refractivity contribution in [1.82, 2.24) is 10.6 Å². The molecule has 0 aromatic heterocycles. The second-order valence-electron chi connectivity index (χ2n) is 5.84. The predicted octanol–water partition coefficient (Wildman–Crippen LogP) is 1.04. The van der Waals surface area contributed by atoms with Crippen molar-refractivity contribution in [2.75, 3.05) is 19.7 Å². The Morgan fingerprint density at radius 3 is 2.72 bits per heavy atom. The summed E-state index contributed by atoms with van der Waals surface area (Å²) >= 11 is 0. The summed E-state index contributed by atoms with van der Waals surface area (Å²) in [4.78, 5) is 12.5. The topological polar surface area (TPSA) is 61.4 Å². The molecule has 1 aliphatic carbocycles. The van der Waals surface area contributed by atoms with Crippen molar-refractivity contribution in [1.29, 1.82) is 0 Å². The third kappa shape index (κ3) is 2.69. The normalized spacial score (nSPS) is 31.2. The van der Waals surface area contributed by atoms with Crippen LogP contribution in [0.3, 0.4) is 0 Å². The lowest BCUT2D eigenvalue weighted by Gasteiger charge is -2.36. The predicted molar refractivity (Wildman–Crippen MR) is 71.2 cm³/mol. The van der Waals surface area contributed by atoms with E-state index in [1.165, 1.54) is 0 Å². The fraction of sp³-hybridized carbons (Fsp3) is 0.929. The van der Waals surface area contributed by atoms with Crippen molar-refractivity contribution >= 4 is 5.91 Å². The molecule has 3 N–H and O–H groups in total. The van der Waals surface area contributed by atoms with Crippen LogP contribution in [0.2, 0.25) is 0 Å². The number of piperidine rings is 1. The molecule has 2 rings (SSSR count). The minimum atomic E-state index is -0.173. The molecule has 104 valence electrons. The van der Waals surface area contributed by atoms with Gasteiger partial charge in [0.2, 0.25) is 5.91 Å². The molecule has 2 aliphatic rings. The van der Waals surface area contributed by atoms with E-state index in [0.29, 0.717) is 0 Å². The van der Waals surface area contributed by atoms with Gasteiger partial charge in [-0.3, -0.25) is 4.79 Å². The van der Waals surface area contributed by atoms with Crippen molar-refractivity contribution in [3.63, 3.8) is 0 Å². The Labute approximate surface area is 110 Å².